The molecule has 0 fully saturated rings. The van der Waals surface area contributed by atoms with Crippen molar-refractivity contribution >= 4 is 17.4 Å². The van der Waals surface area contributed by atoms with E-state index in [2.05, 4.69) is 6.58 Å². The number of ketones is 1. The third kappa shape index (κ3) is 4.10. The molecule has 1 aromatic carbocycles. The van der Waals surface area contributed by atoms with Gasteiger partial charge in [-0.15, -0.1) is 0 Å². The number of rotatable bonds is 5. The molecule has 0 heterocycles. The molecular formula is C13H15NO3. The highest BCUT2D eigenvalue weighted by atomic mass is 16.5. The fourth-order valence-corrected chi connectivity index (χ4v) is 1.15. The van der Waals surface area contributed by atoms with E-state index in [0.29, 0.717) is 16.8 Å². The predicted octanol–water partition coefficient (Wildman–Crippen LogP) is 1.96. The van der Waals surface area contributed by atoms with Gasteiger partial charge in [-0.25, -0.2) is 4.79 Å². The maximum Gasteiger partial charge on any atom is 0.338 e. The zero-order valence-electron chi connectivity index (χ0n) is 9.73. The molecule has 0 radical (unpaired) electrons. The molecule has 4 heteroatoms. The van der Waals surface area contributed by atoms with Crippen LogP contribution in [0, 0.1) is 0 Å². The van der Waals surface area contributed by atoms with Crippen molar-refractivity contribution in [1.82, 2.24) is 0 Å². The molecule has 4 nitrogen and oxygen atoms in total. The summed E-state index contributed by atoms with van der Waals surface area (Å²) in [6.07, 6.45) is 0.163. The lowest BCUT2D eigenvalue weighted by Gasteiger charge is -2.04. The highest BCUT2D eigenvalue weighted by molar-refractivity contribution is 5.94. The van der Waals surface area contributed by atoms with Crippen molar-refractivity contribution in [3.8, 4) is 0 Å². The summed E-state index contributed by atoms with van der Waals surface area (Å²) in [5, 5.41) is 0. The number of carbonyl (C=O) groups excluding carboxylic acids is 2. The zero-order valence-corrected chi connectivity index (χ0v) is 9.73. The van der Waals surface area contributed by atoms with Crippen molar-refractivity contribution in [3.63, 3.8) is 0 Å². The van der Waals surface area contributed by atoms with E-state index in [1.165, 1.54) is 0 Å². The van der Waals surface area contributed by atoms with Crippen LogP contribution < -0.4 is 5.73 Å². The Balaban J connectivity index is 2.43. The van der Waals surface area contributed by atoms with Gasteiger partial charge in [-0.1, -0.05) is 6.58 Å². The molecule has 0 saturated carbocycles. The number of hydrogen-bond acceptors (Lipinski definition) is 4. The number of esters is 1. The van der Waals surface area contributed by atoms with Crippen LogP contribution in [0.3, 0.4) is 0 Å². The maximum absolute atomic E-state index is 11.5. The topological polar surface area (TPSA) is 69.4 Å². The Morgan fingerprint density at radius 3 is 2.41 bits per heavy atom. The lowest BCUT2D eigenvalue weighted by Crippen LogP contribution is -2.10. The van der Waals surface area contributed by atoms with E-state index in [0.717, 1.165) is 0 Å². The first-order valence-corrected chi connectivity index (χ1v) is 5.22. The molecule has 2 N–H and O–H groups in total. The van der Waals surface area contributed by atoms with Crippen LogP contribution in [-0.2, 0) is 9.53 Å². The van der Waals surface area contributed by atoms with Gasteiger partial charge in [0.1, 0.15) is 0 Å². The smallest absolute Gasteiger partial charge is 0.338 e. The van der Waals surface area contributed by atoms with Crippen LogP contribution in [0.25, 0.3) is 0 Å². The second kappa shape index (κ2) is 5.84. The van der Waals surface area contributed by atoms with Gasteiger partial charge < -0.3 is 10.5 Å². The minimum absolute atomic E-state index is 0.0644. The van der Waals surface area contributed by atoms with Crippen LogP contribution in [0.1, 0.15) is 23.7 Å². The summed E-state index contributed by atoms with van der Waals surface area (Å²) in [6.45, 7) is 5.21. The second-order valence-corrected chi connectivity index (χ2v) is 3.71. The molecule has 0 aliphatic rings. The number of hydrogen-bond donors (Lipinski definition) is 1. The Labute approximate surface area is 100 Å². The van der Waals surface area contributed by atoms with Crippen LogP contribution >= 0.6 is 0 Å². The summed E-state index contributed by atoms with van der Waals surface area (Å²) in [4.78, 5) is 22.7. The third-order valence-electron chi connectivity index (χ3n) is 2.18. The molecule has 0 amide bonds. The number of benzene rings is 1. The second-order valence-electron chi connectivity index (χ2n) is 3.71. The average molecular weight is 233 g/mol. The molecule has 0 unspecified atom stereocenters. The summed E-state index contributed by atoms with van der Waals surface area (Å²) in [5.74, 6) is -0.561. The molecular weight excluding hydrogens is 218 g/mol. The van der Waals surface area contributed by atoms with Gasteiger partial charge in [0.05, 0.1) is 12.2 Å². The average Bonchev–Trinajstić information content (AvgIpc) is 2.29. The summed E-state index contributed by atoms with van der Waals surface area (Å²) in [5.41, 5.74) is 6.96. The molecule has 0 aliphatic carbocycles. The molecule has 0 aromatic heterocycles. The van der Waals surface area contributed by atoms with Crippen LogP contribution in [0.2, 0.25) is 0 Å². The molecule has 90 valence electrons. The van der Waals surface area contributed by atoms with Crippen molar-refractivity contribution in [1.29, 1.82) is 0 Å². The van der Waals surface area contributed by atoms with Gasteiger partial charge in [0, 0.05) is 12.1 Å². The van der Waals surface area contributed by atoms with Crippen molar-refractivity contribution in [2.24, 2.45) is 0 Å². The molecule has 0 spiro atoms. The number of carbonyl (C=O) groups is 2. The van der Waals surface area contributed by atoms with Crippen molar-refractivity contribution in [2.75, 3.05) is 12.3 Å². The Bertz CT molecular complexity index is 434. The zero-order chi connectivity index (χ0) is 12.8. The SMILES string of the molecule is C=C(C)C(=O)CCOC(=O)c1ccc(N)cc1. The number of allylic oxidation sites excluding steroid dienone is 1. The Morgan fingerprint density at radius 2 is 1.88 bits per heavy atom. The first kappa shape index (κ1) is 13.0. The van der Waals surface area contributed by atoms with Gasteiger partial charge in [-0.05, 0) is 36.8 Å². The van der Waals surface area contributed by atoms with Gasteiger partial charge in [0.25, 0.3) is 0 Å². The van der Waals surface area contributed by atoms with Gasteiger partial charge in [-0.3, -0.25) is 4.79 Å². The molecule has 0 saturated heterocycles. The normalized spacial score (nSPS) is 9.71. The van der Waals surface area contributed by atoms with Crippen molar-refractivity contribution in [3.05, 3.63) is 42.0 Å². The van der Waals surface area contributed by atoms with Crippen LogP contribution in [-0.4, -0.2) is 18.4 Å². The third-order valence-corrected chi connectivity index (χ3v) is 2.18. The largest absolute Gasteiger partial charge is 0.462 e. The van der Waals surface area contributed by atoms with Crippen LogP contribution in [0.15, 0.2) is 36.4 Å². The number of Topliss-reactive ketones (excluding diaryl/α,β-unsaturated/α-hetero) is 1. The molecule has 0 atom stereocenters. The van der Waals surface area contributed by atoms with E-state index >= 15 is 0 Å². The van der Waals surface area contributed by atoms with Crippen LogP contribution in [0.5, 0.6) is 0 Å². The van der Waals surface area contributed by atoms with E-state index in [-0.39, 0.29) is 18.8 Å². The van der Waals surface area contributed by atoms with Crippen molar-refractivity contribution < 1.29 is 14.3 Å². The molecule has 0 aliphatic heterocycles. The van der Waals surface area contributed by atoms with E-state index in [9.17, 15) is 9.59 Å². The molecule has 1 aromatic rings. The molecule has 17 heavy (non-hydrogen) atoms. The van der Waals surface area contributed by atoms with E-state index in [4.69, 9.17) is 10.5 Å². The fourth-order valence-electron chi connectivity index (χ4n) is 1.15. The van der Waals surface area contributed by atoms with Crippen LogP contribution in [0.4, 0.5) is 5.69 Å². The number of ether oxygens (including phenoxy) is 1. The highest BCUT2D eigenvalue weighted by Gasteiger charge is 2.08. The number of nitrogen functional groups attached to an aromatic ring is 1. The maximum atomic E-state index is 11.5. The monoisotopic (exact) mass is 233 g/mol. The van der Waals surface area contributed by atoms with Gasteiger partial charge in [0.15, 0.2) is 5.78 Å². The Hall–Kier alpha value is -2.10. The van der Waals surface area contributed by atoms with E-state index < -0.39 is 5.97 Å². The predicted molar refractivity (Wildman–Crippen MR) is 65.6 cm³/mol. The number of nitrogens with two attached hydrogens (primary N) is 1. The Kier molecular flexibility index (Phi) is 4.46. The van der Waals surface area contributed by atoms with Gasteiger partial charge >= 0.3 is 5.97 Å². The molecule has 1 rings (SSSR count). The summed E-state index contributed by atoms with van der Waals surface area (Å²) < 4.78 is 4.95. The minimum atomic E-state index is -0.459. The van der Waals surface area contributed by atoms with E-state index in [1.54, 1.807) is 31.2 Å². The Morgan fingerprint density at radius 1 is 1.29 bits per heavy atom. The van der Waals surface area contributed by atoms with Gasteiger partial charge in [-0.2, -0.15) is 0 Å². The summed E-state index contributed by atoms with van der Waals surface area (Å²) in [7, 11) is 0. The lowest BCUT2D eigenvalue weighted by atomic mass is 10.2. The summed E-state index contributed by atoms with van der Waals surface area (Å²) >= 11 is 0. The minimum Gasteiger partial charge on any atom is -0.462 e. The quantitative estimate of drug-likeness (QED) is 0.479. The first-order chi connectivity index (χ1) is 8.00. The lowest BCUT2D eigenvalue weighted by molar-refractivity contribution is -0.116. The first-order valence-electron chi connectivity index (χ1n) is 5.22. The van der Waals surface area contributed by atoms with E-state index in [1.807, 2.05) is 0 Å². The van der Waals surface area contributed by atoms with Crippen molar-refractivity contribution in [2.45, 2.75) is 13.3 Å². The fraction of sp³-hybridized carbons (Fsp3) is 0.231. The number of anilines is 1. The summed E-state index contributed by atoms with van der Waals surface area (Å²) in [6, 6.07) is 6.40. The van der Waals surface area contributed by atoms with Gasteiger partial charge in [0.2, 0.25) is 0 Å². The molecule has 0 bridgehead atoms. The highest BCUT2D eigenvalue weighted by Crippen LogP contribution is 2.07. The standard InChI is InChI=1S/C13H15NO3/c1-9(2)12(15)7-8-17-13(16)10-3-5-11(14)6-4-10/h3-6H,1,7-8,14H2,2H3.